The molecule has 0 aromatic carbocycles. The predicted molar refractivity (Wildman–Crippen MR) is 68.2 cm³/mol. The molecule has 1 amide bonds. The lowest BCUT2D eigenvalue weighted by molar-refractivity contribution is -0.148. The number of amides is 1. The van der Waals surface area contributed by atoms with Crippen LogP contribution in [0, 0.1) is 0 Å². The average molecular weight is 260 g/mol. The number of nitrogens with one attached hydrogen (secondary N) is 2. The Morgan fingerprint density at radius 2 is 1.94 bits per heavy atom. The molecule has 6 heteroatoms. The van der Waals surface area contributed by atoms with Crippen LogP contribution >= 0.6 is 0 Å². The maximum absolute atomic E-state index is 11.5. The van der Waals surface area contributed by atoms with E-state index in [2.05, 4.69) is 10.6 Å². The zero-order valence-electron chi connectivity index (χ0n) is 11.5. The van der Waals surface area contributed by atoms with E-state index < -0.39 is 0 Å². The van der Waals surface area contributed by atoms with E-state index in [0.717, 1.165) is 6.42 Å². The van der Waals surface area contributed by atoms with Crippen LogP contribution < -0.4 is 10.6 Å². The van der Waals surface area contributed by atoms with Gasteiger partial charge in [0.1, 0.15) is 6.61 Å². The van der Waals surface area contributed by atoms with Crippen LogP contribution in [0.15, 0.2) is 0 Å². The summed E-state index contributed by atoms with van der Waals surface area (Å²) in [5.74, 6) is -0.395. The first kappa shape index (κ1) is 16.9. The fraction of sp³-hybridized carbons (Fsp3) is 0.833. The normalized spacial score (nSPS) is 11.9. The molecule has 0 spiro atoms. The number of carbonyl (C=O) groups excluding carboxylic acids is 2. The van der Waals surface area contributed by atoms with Crippen molar-refractivity contribution >= 4 is 11.9 Å². The summed E-state index contributed by atoms with van der Waals surface area (Å²) in [5.41, 5.74) is 0. The third-order valence-electron chi connectivity index (χ3n) is 2.16. The zero-order valence-corrected chi connectivity index (χ0v) is 11.5. The summed E-state index contributed by atoms with van der Waals surface area (Å²) in [6.45, 7) is 7.41. The van der Waals surface area contributed by atoms with Crippen LogP contribution in [0.25, 0.3) is 0 Å². The Labute approximate surface area is 108 Å². The Morgan fingerprint density at radius 3 is 2.56 bits per heavy atom. The van der Waals surface area contributed by atoms with Crippen molar-refractivity contribution in [2.24, 2.45) is 0 Å². The van der Waals surface area contributed by atoms with Crippen molar-refractivity contribution in [2.75, 3.05) is 32.9 Å². The Hall–Kier alpha value is -1.14. The van der Waals surface area contributed by atoms with E-state index in [-0.39, 0.29) is 24.5 Å². The molecule has 106 valence electrons. The van der Waals surface area contributed by atoms with Crippen molar-refractivity contribution in [2.45, 2.75) is 33.2 Å². The first-order chi connectivity index (χ1) is 8.61. The minimum absolute atomic E-state index is 0.0257. The second kappa shape index (κ2) is 11.0. The van der Waals surface area contributed by atoms with Gasteiger partial charge in [0.05, 0.1) is 19.3 Å². The van der Waals surface area contributed by atoms with E-state index in [1.807, 2.05) is 6.92 Å². The maximum Gasteiger partial charge on any atom is 0.332 e. The van der Waals surface area contributed by atoms with Crippen molar-refractivity contribution in [1.82, 2.24) is 10.6 Å². The van der Waals surface area contributed by atoms with Gasteiger partial charge in [-0.2, -0.15) is 0 Å². The predicted octanol–water partition coefficient (Wildman–Crippen LogP) is 0.0704. The molecule has 1 unspecified atom stereocenters. The van der Waals surface area contributed by atoms with Crippen molar-refractivity contribution in [1.29, 1.82) is 0 Å². The molecule has 0 aliphatic rings. The van der Waals surface area contributed by atoms with Gasteiger partial charge in [0.2, 0.25) is 5.91 Å². The summed E-state index contributed by atoms with van der Waals surface area (Å²) in [5, 5.41) is 5.80. The lowest BCUT2D eigenvalue weighted by Gasteiger charge is -2.13. The summed E-state index contributed by atoms with van der Waals surface area (Å²) >= 11 is 0. The second-order valence-electron chi connectivity index (χ2n) is 3.82. The van der Waals surface area contributed by atoms with E-state index in [1.54, 1.807) is 13.8 Å². The van der Waals surface area contributed by atoms with Gasteiger partial charge in [0.25, 0.3) is 0 Å². The van der Waals surface area contributed by atoms with E-state index in [0.29, 0.717) is 26.3 Å². The van der Waals surface area contributed by atoms with E-state index in [9.17, 15) is 9.59 Å². The van der Waals surface area contributed by atoms with Gasteiger partial charge < -0.3 is 20.1 Å². The molecular formula is C12H24N2O4. The van der Waals surface area contributed by atoms with Crippen LogP contribution in [0.4, 0.5) is 0 Å². The van der Waals surface area contributed by atoms with Crippen molar-refractivity contribution in [3.63, 3.8) is 0 Å². The highest BCUT2D eigenvalue weighted by molar-refractivity contribution is 5.81. The molecule has 0 aliphatic heterocycles. The first-order valence-electron chi connectivity index (χ1n) is 6.36. The zero-order chi connectivity index (χ0) is 13.8. The fourth-order valence-corrected chi connectivity index (χ4v) is 1.20. The molecule has 6 nitrogen and oxygen atoms in total. The number of carbonyl (C=O) groups is 2. The third kappa shape index (κ3) is 8.95. The molecule has 0 aliphatic carbocycles. The highest BCUT2D eigenvalue weighted by Crippen LogP contribution is 1.84. The molecule has 2 N–H and O–H groups in total. The Morgan fingerprint density at radius 1 is 1.22 bits per heavy atom. The van der Waals surface area contributed by atoms with Gasteiger partial charge in [0, 0.05) is 13.1 Å². The monoisotopic (exact) mass is 260 g/mol. The van der Waals surface area contributed by atoms with E-state index >= 15 is 0 Å². The molecular weight excluding hydrogens is 236 g/mol. The molecule has 1 atom stereocenters. The Kier molecular flexibility index (Phi) is 10.3. The molecule has 0 aromatic rings. The number of hydrogen-bond acceptors (Lipinski definition) is 5. The lowest BCUT2D eigenvalue weighted by Crippen LogP contribution is -2.43. The van der Waals surface area contributed by atoms with Crippen LogP contribution in [0.1, 0.15) is 27.2 Å². The van der Waals surface area contributed by atoms with E-state index in [4.69, 9.17) is 9.47 Å². The number of hydrogen-bond donors (Lipinski definition) is 2. The number of rotatable bonds is 10. The molecule has 0 fully saturated rings. The molecule has 0 radical (unpaired) electrons. The lowest BCUT2D eigenvalue weighted by atomic mass is 10.3. The van der Waals surface area contributed by atoms with Crippen molar-refractivity contribution in [3.05, 3.63) is 0 Å². The third-order valence-corrected chi connectivity index (χ3v) is 2.16. The van der Waals surface area contributed by atoms with Crippen molar-refractivity contribution < 1.29 is 19.1 Å². The topological polar surface area (TPSA) is 76.7 Å². The van der Waals surface area contributed by atoms with Gasteiger partial charge in [-0.1, -0.05) is 6.92 Å². The summed E-state index contributed by atoms with van der Waals surface area (Å²) in [6, 6.07) is -0.261. The minimum atomic E-state index is -0.369. The van der Waals surface area contributed by atoms with Gasteiger partial charge in [-0.05, 0) is 20.3 Å². The minimum Gasteiger partial charge on any atom is -0.464 e. The molecule has 0 heterocycles. The molecule has 0 rings (SSSR count). The van der Waals surface area contributed by atoms with Crippen LogP contribution in [0.3, 0.4) is 0 Å². The van der Waals surface area contributed by atoms with Crippen LogP contribution in [-0.4, -0.2) is 50.8 Å². The number of esters is 1. The second-order valence-corrected chi connectivity index (χ2v) is 3.82. The van der Waals surface area contributed by atoms with Gasteiger partial charge in [-0.25, -0.2) is 4.79 Å². The molecule has 0 saturated carbocycles. The van der Waals surface area contributed by atoms with Gasteiger partial charge in [0.15, 0.2) is 0 Å². The molecule has 18 heavy (non-hydrogen) atoms. The van der Waals surface area contributed by atoms with Crippen LogP contribution in [0.2, 0.25) is 0 Å². The van der Waals surface area contributed by atoms with Crippen LogP contribution in [0.5, 0.6) is 0 Å². The van der Waals surface area contributed by atoms with Gasteiger partial charge in [-0.15, -0.1) is 0 Å². The Bertz CT molecular complexity index is 246. The van der Waals surface area contributed by atoms with Crippen molar-refractivity contribution in [3.8, 4) is 0 Å². The SMILES string of the molecule is CCCNC(=O)C(C)NCCOCC(=O)OCC. The number of ether oxygens (including phenoxy) is 2. The maximum atomic E-state index is 11.5. The average Bonchev–Trinajstić information content (AvgIpc) is 2.35. The van der Waals surface area contributed by atoms with Gasteiger partial charge in [-0.3, -0.25) is 4.79 Å². The fourth-order valence-electron chi connectivity index (χ4n) is 1.20. The largest absolute Gasteiger partial charge is 0.464 e. The smallest absolute Gasteiger partial charge is 0.332 e. The Balaban J connectivity index is 3.47. The molecule has 0 saturated heterocycles. The highest BCUT2D eigenvalue weighted by atomic mass is 16.6. The molecule has 0 bridgehead atoms. The highest BCUT2D eigenvalue weighted by Gasteiger charge is 2.10. The standard InChI is InChI=1S/C12H24N2O4/c1-4-6-14-12(16)10(3)13-7-8-17-9-11(15)18-5-2/h10,13H,4-9H2,1-3H3,(H,14,16). The van der Waals surface area contributed by atoms with E-state index in [1.165, 1.54) is 0 Å². The molecule has 0 aromatic heterocycles. The summed E-state index contributed by atoms with van der Waals surface area (Å²) in [6.07, 6.45) is 0.918. The quantitative estimate of drug-likeness (QED) is 0.429. The van der Waals surface area contributed by atoms with Crippen LogP contribution in [-0.2, 0) is 19.1 Å². The summed E-state index contributed by atoms with van der Waals surface area (Å²) in [7, 11) is 0. The van der Waals surface area contributed by atoms with Gasteiger partial charge >= 0.3 is 5.97 Å². The summed E-state index contributed by atoms with van der Waals surface area (Å²) < 4.78 is 9.79. The summed E-state index contributed by atoms with van der Waals surface area (Å²) in [4.78, 5) is 22.4. The first-order valence-corrected chi connectivity index (χ1v) is 6.36.